The highest BCUT2D eigenvalue weighted by molar-refractivity contribution is 6.40. The van der Waals surface area contributed by atoms with E-state index < -0.39 is 23.8 Å². The summed E-state index contributed by atoms with van der Waals surface area (Å²) in [5.74, 6) is -1.21. The lowest BCUT2D eigenvalue weighted by Gasteiger charge is -2.44. The Hall–Kier alpha value is -4.26. The molecule has 3 fully saturated rings. The Balaban J connectivity index is 1.16. The smallest absolute Gasteiger partial charge is 0.407 e. The number of fused-ring (bicyclic) bond motifs is 3. The predicted molar refractivity (Wildman–Crippen MR) is 186 cm³/mol. The number of morpholine rings is 1. The van der Waals surface area contributed by atoms with Gasteiger partial charge in [0.05, 0.1) is 65.8 Å². The van der Waals surface area contributed by atoms with Crippen molar-refractivity contribution in [1.29, 1.82) is 0 Å². The number of benzene rings is 3. The molecule has 2 unspecified atom stereocenters. The Bertz CT molecular complexity index is 1840. The first-order valence-corrected chi connectivity index (χ1v) is 17.3. The van der Waals surface area contributed by atoms with Crippen molar-refractivity contribution in [2.45, 2.75) is 57.4 Å². The Kier molecular flexibility index (Phi) is 9.21. The van der Waals surface area contributed by atoms with E-state index >= 15 is 4.39 Å². The lowest BCUT2D eigenvalue weighted by molar-refractivity contribution is 0.0515. The first-order chi connectivity index (χ1) is 24.0. The van der Waals surface area contributed by atoms with Gasteiger partial charge in [-0.2, -0.15) is 0 Å². The number of halogens is 3. The Morgan fingerprint density at radius 1 is 0.960 bits per heavy atom. The van der Waals surface area contributed by atoms with Crippen molar-refractivity contribution in [2.75, 3.05) is 49.9 Å². The van der Waals surface area contributed by atoms with Gasteiger partial charge < -0.3 is 38.9 Å². The number of hydrogen-bond donors (Lipinski definition) is 1. The molecule has 1 N–H and O–H groups in total. The number of rotatable bonds is 5. The maximum atomic E-state index is 15.9. The van der Waals surface area contributed by atoms with E-state index in [0.29, 0.717) is 54.6 Å². The van der Waals surface area contributed by atoms with Gasteiger partial charge in [-0.25, -0.2) is 14.0 Å². The van der Waals surface area contributed by atoms with Crippen LogP contribution in [0.25, 0.3) is 11.1 Å². The molecule has 2 amide bonds. The molecule has 3 aromatic carbocycles. The van der Waals surface area contributed by atoms with Crippen LogP contribution >= 0.6 is 23.2 Å². The fourth-order valence-electron chi connectivity index (χ4n) is 7.73. The molecule has 0 saturated carbocycles. The number of carbonyl (C=O) groups excluding carboxylic acids is 2. The van der Waals surface area contributed by atoms with Crippen molar-refractivity contribution in [2.24, 2.45) is 0 Å². The van der Waals surface area contributed by atoms with Crippen molar-refractivity contribution in [1.82, 2.24) is 9.80 Å². The summed E-state index contributed by atoms with van der Waals surface area (Å²) in [4.78, 5) is 45.4. The molecule has 0 spiro atoms. The Labute approximate surface area is 299 Å². The first kappa shape index (κ1) is 34.2. The maximum Gasteiger partial charge on any atom is 0.407 e. The average Bonchev–Trinajstić information content (AvgIpc) is 3.34. The molecule has 4 aliphatic heterocycles. The molecule has 2 bridgehead atoms. The second-order valence-electron chi connectivity index (χ2n) is 13.3. The zero-order valence-corrected chi connectivity index (χ0v) is 29.3. The monoisotopic (exact) mass is 726 g/mol. The van der Waals surface area contributed by atoms with Crippen LogP contribution in [0.1, 0.15) is 53.0 Å². The molecule has 4 atom stereocenters. The second kappa shape index (κ2) is 13.5. The lowest BCUT2D eigenvalue weighted by atomic mass is 9.96. The fourth-order valence-corrected chi connectivity index (χ4v) is 8.37. The second-order valence-corrected chi connectivity index (χ2v) is 14.1. The van der Waals surface area contributed by atoms with Crippen LogP contribution in [-0.4, -0.2) is 97.2 Å². The molecule has 0 aliphatic carbocycles. The summed E-state index contributed by atoms with van der Waals surface area (Å²) in [6, 6.07) is 11.4. The number of nitrogens with zero attached hydrogens (tertiary/aromatic N) is 4. The van der Waals surface area contributed by atoms with Gasteiger partial charge in [0.15, 0.2) is 6.73 Å². The summed E-state index contributed by atoms with van der Waals surface area (Å²) in [5.41, 5.74) is 2.99. The van der Waals surface area contributed by atoms with Crippen molar-refractivity contribution in [3.05, 3.63) is 75.0 Å². The summed E-state index contributed by atoms with van der Waals surface area (Å²) >= 11 is 13.4. The molecule has 0 aromatic heterocycles. The molecule has 3 aromatic rings. The van der Waals surface area contributed by atoms with Crippen LogP contribution < -0.4 is 14.5 Å². The summed E-state index contributed by atoms with van der Waals surface area (Å²) in [6.07, 6.45) is 0.847. The van der Waals surface area contributed by atoms with E-state index in [4.69, 9.17) is 37.4 Å². The Morgan fingerprint density at radius 2 is 1.66 bits per heavy atom. The van der Waals surface area contributed by atoms with Gasteiger partial charge >= 0.3 is 12.1 Å². The Morgan fingerprint density at radius 3 is 2.32 bits per heavy atom. The van der Waals surface area contributed by atoms with Crippen molar-refractivity contribution < 1.29 is 38.1 Å². The molecular formula is C36H37Cl2FN4O7. The van der Waals surface area contributed by atoms with E-state index in [0.717, 1.165) is 12.8 Å². The van der Waals surface area contributed by atoms with Gasteiger partial charge in [-0.15, -0.1) is 0 Å². The van der Waals surface area contributed by atoms with Gasteiger partial charge in [0.1, 0.15) is 11.6 Å². The molecule has 4 heterocycles. The van der Waals surface area contributed by atoms with Gasteiger partial charge in [-0.1, -0.05) is 41.4 Å². The van der Waals surface area contributed by atoms with Crippen LogP contribution in [0, 0.1) is 5.82 Å². The molecule has 0 radical (unpaired) electrons. The third kappa shape index (κ3) is 5.96. The third-order valence-corrected chi connectivity index (χ3v) is 10.8. The number of amides is 2. The molecule has 50 heavy (non-hydrogen) atoms. The SMILES string of the molecule is COC(=O)c1cc(F)c(-c2cccc3c2OCN(C(=O)c2c(Cl)cc(N4C[C@H](C)N(C(=O)O)C[C@@H]4C)cc2Cl)C3)cc1N1C2CCC1COC2. The molecular weight excluding hydrogens is 690 g/mol. The van der Waals surface area contributed by atoms with Crippen LogP contribution in [0.2, 0.25) is 10.0 Å². The number of para-hydroxylation sites is 1. The number of esters is 1. The quantitative estimate of drug-likeness (QED) is 0.294. The normalized spacial score (nSPS) is 23.0. The van der Waals surface area contributed by atoms with Crippen molar-refractivity contribution >= 4 is 52.5 Å². The molecule has 11 nitrogen and oxygen atoms in total. The lowest BCUT2D eigenvalue weighted by Crippen LogP contribution is -2.58. The zero-order chi connectivity index (χ0) is 35.4. The van der Waals surface area contributed by atoms with E-state index in [9.17, 15) is 19.5 Å². The highest BCUT2D eigenvalue weighted by atomic mass is 35.5. The van der Waals surface area contributed by atoms with Gasteiger partial charge in [0, 0.05) is 47.6 Å². The topological polar surface area (TPSA) is 112 Å². The van der Waals surface area contributed by atoms with E-state index in [2.05, 4.69) is 4.90 Å². The van der Waals surface area contributed by atoms with Crippen LogP contribution in [0.3, 0.4) is 0 Å². The summed E-state index contributed by atoms with van der Waals surface area (Å²) in [6.45, 7) is 5.59. The number of ether oxygens (including phenoxy) is 3. The summed E-state index contributed by atoms with van der Waals surface area (Å²) < 4.78 is 32.9. The van der Waals surface area contributed by atoms with Crippen LogP contribution in [-0.2, 0) is 16.0 Å². The minimum Gasteiger partial charge on any atom is -0.472 e. The largest absolute Gasteiger partial charge is 0.472 e. The minimum absolute atomic E-state index is 0.0674. The first-order valence-electron chi connectivity index (χ1n) is 16.5. The molecule has 4 aliphatic rings. The van der Waals surface area contributed by atoms with Gasteiger partial charge in [0.2, 0.25) is 0 Å². The molecule has 14 heteroatoms. The van der Waals surface area contributed by atoms with Gasteiger partial charge in [-0.05, 0) is 51.0 Å². The molecule has 264 valence electrons. The van der Waals surface area contributed by atoms with E-state index in [1.54, 1.807) is 30.3 Å². The van der Waals surface area contributed by atoms with E-state index in [1.165, 1.54) is 23.0 Å². The van der Waals surface area contributed by atoms with Crippen LogP contribution in [0.4, 0.5) is 20.6 Å². The number of piperazine rings is 1. The number of carbonyl (C=O) groups is 3. The third-order valence-electron chi connectivity index (χ3n) is 10.2. The predicted octanol–water partition coefficient (Wildman–Crippen LogP) is 6.52. The zero-order valence-electron chi connectivity index (χ0n) is 27.8. The maximum absolute atomic E-state index is 15.9. The van der Waals surface area contributed by atoms with E-state index in [1.807, 2.05) is 24.8 Å². The summed E-state index contributed by atoms with van der Waals surface area (Å²) in [7, 11) is 1.28. The van der Waals surface area contributed by atoms with Crippen molar-refractivity contribution in [3.8, 4) is 16.9 Å². The minimum atomic E-state index is -0.968. The molecule has 7 rings (SSSR count). The highest BCUT2D eigenvalue weighted by Crippen LogP contribution is 2.44. The van der Waals surface area contributed by atoms with Crippen LogP contribution in [0.15, 0.2) is 42.5 Å². The standard InChI is InChI=1S/C36H37Cl2FN4O7/c1-19-14-42(36(46)47)20(2)13-41(19)24-9-28(37)32(29(38)10-24)34(44)40-15-21-5-4-6-25(33(21)50-18-40)26-12-31(27(11-30(26)39)35(45)48-3)43-22-7-8-23(43)17-49-16-22/h4-6,9-12,19-20,22-23H,7-8,13-18H2,1-3H3,(H,46,47)/t19-,20-,22?,23?/m0/s1. The van der Waals surface area contributed by atoms with Gasteiger partial charge in [-0.3, -0.25) is 4.79 Å². The highest BCUT2D eigenvalue weighted by Gasteiger charge is 2.40. The number of methoxy groups -OCH3 is 1. The molecule has 3 saturated heterocycles. The van der Waals surface area contributed by atoms with Crippen molar-refractivity contribution in [3.63, 3.8) is 0 Å². The van der Waals surface area contributed by atoms with Gasteiger partial charge in [0.25, 0.3) is 5.91 Å². The number of anilines is 2. The summed E-state index contributed by atoms with van der Waals surface area (Å²) in [5, 5.41) is 9.85. The van der Waals surface area contributed by atoms with Crippen LogP contribution in [0.5, 0.6) is 5.75 Å². The fraction of sp³-hybridized carbons (Fsp3) is 0.417. The number of carboxylic acid groups (broad SMARTS) is 1. The van der Waals surface area contributed by atoms with E-state index in [-0.39, 0.29) is 64.2 Å². The number of hydrogen-bond acceptors (Lipinski definition) is 8. The average molecular weight is 728 g/mol.